The number of allylic oxidation sites excluding steroid dienone is 1. The molecule has 0 aromatic heterocycles. The molecule has 1 aromatic rings. The van der Waals surface area contributed by atoms with Gasteiger partial charge in [-0.25, -0.2) is 0 Å². The zero-order valence-electron chi connectivity index (χ0n) is 15.2. The van der Waals surface area contributed by atoms with Crippen LogP contribution in [-0.2, 0) is 10.0 Å². The van der Waals surface area contributed by atoms with Gasteiger partial charge in [0.1, 0.15) is 0 Å². The topological polar surface area (TPSA) is 58.5 Å². The van der Waals surface area contributed by atoms with Gasteiger partial charge in [-0.2, -0.15) is 18.4 Å². The minimum Gasteiger partial charge on any atom is -0.200 e. The molecule has 0 atom stereocenters. The molecule has 1 aliphatic carbocycles. The van der Waals surface area contributed by atoms with E-state index in [0.29, 0.717) is 0 Å². The second-order valence-corrected chi connectivity index (χ2v) is 10.6. The number of nitrogens with one attached hydrogen (secondary N) is 1. The first-order valence-corrected chi connectivity index (χ1v) is 11.9. The maximum absolute atomic E-state index is 12.3. The molecule has 2 rings (SSSR count). The molecular weight excluding hydrogens is 372 g/mol. The van der Waals surface area contributed by atoms with Crippen LogP contribution in [0.25, 0.3) is 0 Å². The standard InChI is InChI=1S/C18H26N2O2S3/c1-14-7-9-16(10-8-14)25(21,22)20-19-17(23-4)24-13-15-6-5-11-18(2,3)12-15/h7-10,12,20H,5-6,11,13H2,1-4H3/b19-17+. The van der Waals surface area contributed by atoms with Gasteiger partial charge in [0, 0.05) is 5.75 Å². The Kier molecular flexibility index (Phi) is 7.05. The molecule has 138 valence electrons. The highest BCUT2D eigenvalue weighted by Gasteiger charge is 2.20. The number of hydrogen-bond donors (Lipinski definition) is 1. The third kappa shape index (κ3) is 6.38. The molecule has 1 aliphatic rings. The average Bonchev–Trinajstić information content (AvgIpc) is 2.54. The number of benzene rings is 1. The van der Waals surface area contributed by atoms with E-state index in [1.54, 1.807) is 36.0 Å². The number of hydrogen-bond acceptors (Lipinski definition) is 5. The molecule has 1 aromatic carbocycles. The zero-order chi connectivity index (χ0) is 18.5. The molecule has 4 nitrogen and oxygen atoms in total. The molecule has 0 aliphatic heterocycles. The molecule has 25 heavy (non-hydrogen) atoms. The molecule has 0 fully saturated rings. The zero-order valence-corrected chi connectivity index (χ0v) is 17.7. The van der Waals surface area contributed by atoms with Gasteiger partial charge >= 0.3 is 0 Å². The summed E-state index contributed by atoms with van der Waals surface area (Å²) >= 11 is 3.04. The predicted octanol–water partition coefficient (Wildman–Crippen LogP) is 4.78. The highest BCUT2D eigenvalue weighted by Crippen LogP contribution is 2.34. The number of thioether (sulfide) groups is 2. The lowest BCUT2D eigenvalue weighted by Gasteiger charge is -2.27. The van der Waals surface area contributed by atoms with E-state index in [1.165, 1.54) is 30.2 Å². The van der Waals surface area contributed by atoms with Crippen LogP contribution in [0.3, 0.4) is 0 Å². The smallest absolute Gasteiger partial charge is 0.200 e. The van der Waals surface area contributed by atoms with Gasteiger partial charge in [-0.1, -0.05) is 55.0 Å². The van der Waals surface area contributed by atoms with Gasteiger partial charge in [0.05, 0.1) is 4.90 Å². The largest absolute Gasteiger partial charge is 0.276 e. The fourth-order valence-electron chi connectivity index (χ4n) is 2.74. The maximum Gasteiger partial charge on any atom is 0.276 e. The maximum atomic E-state index is 12.3. The summed E-state index contributed by atoms with van der Waals surface area (Å²) in [6.45, 7) is 6.44. The Balaban J connectivity index is 2.00. The second kappa shape index (κ2) is 8.64. The predicted molar refractivity (Wildman–Crippen MR) is 111 cm³/mol. The molecule has 0 saturated carbocycles. The van der Waals surface area contributed by atoms with Crippen molar-refractivity contribution >= 4 is 37.9 Å². The third-order valence-electron chi connectivity index (χ3n) is 4.06. The summed E-state index contributed by atoms with van der Waals surface area (Å²) in [5.74, 6) is 0.857. The van der Waals surface area contributed by atoms with Gasteiger partial charge in [0.15, 0.2) is 4.38 Å². The van der Waals surface area contributed by atoms with Crippen LogP contribution in [0.2, 0.25) is 0 Å². The fourth-order valence-corrected chi connectivity index (χ4v) is 5.10. The summed E-state index contributed by atoms with van der Waals surface area (Å²) in [7, 11) is -3.62. The molecule has 0 radical (unpaired) electrons. The molecule has 0 bridgehead atoms. The van der Waals surface area contributed by atoms with Crippen molar-refractivity contribution in [2.75, 3.05) is 12.0 Å². The quantitative estimate of drug-likeness (QED) is 0.336. The Morgan fingerprint density at radius 1 is 1.28 bits per heavy atom. The van der Waals surface area contributed by atoms with Gasteiger partial charge in [-0.05, 0) is 50.0 Å². The highest BCUT2D eigenvalue weighted by atomic mass is 32.2. The molecular formula is C18H26N2O2S3. The minimum atomic E-state index is -3.62. The van der Waals surface area contributed by atoms with E-state index in [2.05, 4.69) is 29.9 Å². The first-order valence-electron chi connectivity index (χ1n) is 8.25. The average molecular weight is 399 g/mol. The van der Waals surface area contributed by atoms with Crippen molar-refractivity contribution in [2.45, 2.75) is 44.9 Å². The van der Waals surface area contributed by atoms with Crippen LogP contribution in [0.15, 0.2) is 45.9 Å². The SMILES string of the molecule is CS/C(=N\NS(=O)(=O)c1ccc(C)cc1)SCC1=CC(C)(C)CCC1. The molecule has 0 saturated heterocycles. The summed E-state index contributed by atoms with van der Waals surface area (Å²) in [5.41, 5.74) is 2.70. The van der Waals surface area contributed by atoms with Crippen LogP contribution in [0.5, 0.6) is 0 Å². The number of sulfonamides is 1. The lowest BCUT2D eigenvalue weighted by molar-refractivity contribution is 0.398. The Morgan fingerprint density at radius 2 is 1.96 bits per heavy atom. The van der Waals surface area contributed by atoms with Gasteiger partial charge < -0.3 is 0 Å². The Labute approximate surface area is 160 Å². The van der Waals surface area contributed by atoms with Crippen molar-refractivity contribution in [1.29, 1.82) is 0 Å². The number of aryl methyl sites for hydroxylation is 1. The van der Waals surface area contributed by atoms with Crippen molar-refractivity contribution < 1.29 is 8.42 Å². The Bertz CT molecular complexity index is 751. The lowest BCUT2D eigenvalue weighted by atomic mass is 9.80. The number of hydrazone groups is 1. The van der Waals surface area contributed by atoms with Crippen molar-refractivity contribution in [2.24, 2.45) is 10.5 Å². The minimum absolute atomic E-state index is 0.226. The number of rotatable bonds is 5. The molecule has 0 unspecified atom stereocenters. The van der Waals surface area contributed by atoms with Crippen LogP contribution < -0.4 is 4.83 Å². The van der Waals surface area contributed by atoms with E-state index in [1.807, 2.05) is 13.2 Å². The van der Waals surface area contributed by atoms with Crippen LogP contribution in [0, 0.1) is 12.3 Å². The normalized spacial score (nSPS) is 17.9. The molecule has 1 N–H and O–H groups in total. The van der Waals surface area contributed by atoms with Crippen molar-refractivity contribution in [3.63, 3.8) is 0 Å². The summed E-state index contributed by atoms with van der Waals surface area (Å²) < 4.78 is 25.3. The van der Waals surface area contributed by atoms with E-state index >= 15 is 0 Å². The van der Waals surface area contributed by atoms with Gasteiger partial charge in [0.25, 0.3) is 10.0 Å². The number of nitrogens with zero attached hydrogens (tertiary/aromatic N) is 1. The van der Waals surface area contributed by atoms with Crippen LogP contribution in [0.4, 0.5) is 0 Å². The van der Waals surface area contributed by atoms with E-state index < -0.39 is 10.0 Å². The first-order chi connectivity index (χ1) is 11.7. The van der Waals surface area contributed by atoms with E-state index in [9.17, 15) is 8.42 Å². The van der Waals surface area contributed by atoms with Crippen LogP contribution >= 0.6 is 23.5 Å². The first kappa shape index (κ1) is 20.4. The Morgan fingerprint density at radius 3 is 2.56 bits per heavy atom. The lowest BCUT2D eigenvalue weighted by Crippen LogP contribution is -2.19. The van der Waals surface area contributed by atoms with Crippen molar-refractivity contribution in [3.8, 4) is 0 Å². The summed E-state index contributed by atoms with van der Waals surface area (Å²) in [6.07, 6.45) is 7.82. The van der Waals surface area contributed by atoms with Crippen molar-refractivity contribution in [1.82, 2.24) is 4.83 Å². The fraction of sp³-hybridized carbons (Fsp3) is 0.500. The van der Waals surface area contributed by atoms with E-state index in [4.69, 9.17) is 0 Å². The van der Waals surface area contributed by atoms with Gasteiger partial charge in [0.2, 0.25) is 0 Å². The van der Waals surface area contributed by atoms with E-state index in [0.717, 1.165) is 22.1 Å². The summed E-state index contributed by atoms with van der Waals surface area (Å²) in [4.78, 5) is 2.57. The molecule has 0 heterocycles. The van der Waals surface area contributed by atoms with Gasteiger partial charge in [-0.15, -0.1) is 11.8 Å². The van der Waals surface area contributed by atoms with Gasteiger partial charge in [-0.3, -0.25) is 0 Å². The molecule has 7 heteroatoms. The molecule has 0 spiro atoms. The van der Waals surface area contributed by atoms with Crippen LogP contribution in [0.1, 0.15) is 38.7 Å². The Hall–Kier alpha value is -0.920. The van der Waals surface area contributed by atoms with Crippen LogP contribution in [-0.4, -0.2) is 24.8 Å². The van der Waals surface area contributed by atoms with Crippen molar-refractivity contribution in [3.05, 3.63) is 41.5 Å². The second-order valence-electron chi connectivity index (χ2n) is 6.92. The molecule has 0 amide bonds. The monoisotopic (exact) mass is 398 g/mol. The summed E-state index contributed by atoms with van der Waals surface area (Å²) in [5, 5.41) is 4.11. The highest BCUT2D eigenvalue weighted by molar-refractivity contribution is 8.38. The van der Waals surface area contributed by atoms with E-state index in [-0.39, 0.29) is 10.3 Å². The summed E-state index contributed by atoms with van der Waals surface area (Å²) in [6, 6.07) is 6.74. The third-order valence-corrected chi connectivity index (χ3v) is 7.43.